The Hall–Kier alpha value is -2.60. The molecule has 0 amide bonds. The normalized spacial score (nSPS) is 12.6. The Labute approximate surface area is 146 Å². The first-order valence-electron chi connectivity index (χ1n) is 7.29. The summed E-state index contributed by atoms with van der Waals surface area (Å²) in [6, 6.07) is 9.42. The zero-order valence-corrected chi connectivity index (χ0v) is 13.8. The van der Waals surface area contributed by atoms with Crippen molar-refractivity contribution in [3.63, 3.8) is 0 Å². The van der Waals surface area contributed by atoms with E-state index in [4.69, 9.17) is 11.6 Å². The second-order valence-corrected chi connectivity index (χ2v) is 5.88. The summed E-state index contributed by atoms with van der Waals surface area (Å²) in [5.41, 5.74) is 0.996. The molecule has 0 saturated heterocycles. The van der Waals surface area contributed by atoms with Crippen LogP contribution in [0.25, 0.3) is 16.8 Å². The summed E-state index contributed by atoms with van der Waals surface area (Å²) in [5, 5.41) is 0.169. The van der Waals surface area contributed by atoms with Crippen molar-refractivity contribution in [2.45, 2.75) is 13.1 Å². The summed E-state index contributed by atoms with van der Waals surface area (Å²) in [6.45, 7) is 1.82. The molecule has 0 aliphatic heterocycles. The van der Waals surface area contributed by atoms with Gasteiger partial charge in [-0.2, -0.15) is 13.2 Å². The molecule has 0 N–H and O–H groups in total. The van der Waals surface area contributed by atoms with Crippen molar-refractivity contribution in [2.75, 3.05) is 0 Å². The average molecular weight is 365 g/mol. The lowest BCUT2D eigenvalue weighted by Crippen LogP contribution is -2.15. The number of pyridine rings is 1. The lowest BCUT2D eigenvalue weighted by molar-refractivity contribution is -0.137. The van der Waals surface area contributed by atoms with Gasteiger partial charge in [-0.25, -0.2) is 4.98 Å². The van der Waals surface area contributed by atoms with Crippen LogP contribution in [-0.2, 0) is 6.18 Å². The van der Waals surface area contributed by atoms with Gasteiger partial charge in [0, 0.05) is 12.3 Å². The van der Waals surface area contributed by atoms with Crippen LogP contribution >= 0.6 is 11.6 Å². The number of aromatic nitrogens is 2. The smallest absolute Gasteiger partial charge is 0.269 e. The Morgan fingerprint density at radius 1 is 1.20 bits per heavy atom. The minimum atomic E-state index is -4.39. The quantitative estimate of drug-likeness (QED) is 0.657. The summed E-state index contributed by atoms with van der Waals surface area (Å²) in [7, 11) is 0. The zero-order valence-electron chi connectivity index (χ0n) is 13.0. The molecule has 128 valence electrons. The van der Waals surface area contributed by atoms with Gasteiger partial charge in [-0.05, 0) is 42.3 Å². The van der Waals surface area contributed by atoms with E-state index in [1.165, 1.54) is 28.7 Å². The van der Waals surface area contributed by atoms with Gasteiger partial charge in [0.05, 0.1) is 16.3 Å². The molecule has 2 heterocycles. The van der Waals surface area contributed by atoms with Crippen LogP contribution in [0.5, 0.6) is 0 Å². The highest BCUT2D eigenvalue weighted by molar-refractivity contribution is 6.51. The molecule has 0 saturated carbocycles. The average Bonchev–Trinajstić information content (AvgIpc) is 2.55. The Balaban J connectivity index is 2.02. The number of hydrogen-bond acceptors (Lipinski definition) is 2. The maximum Gasteiger partial charge on any atom is 0.416 e. The van der Waals surface area contributed by atoms with E-state index in [-0.39, 0.29) is 16.3 Å². The van der Waals surface area contributed by atoms with Crippen molar-refractivity contribution in [1.29, 1.82) is 0 Å². The van der Waals surface area contributed by atoms with Crippen molar-refractivity contribution in [3.8, 4) is 0 Å². The molecular weight excluding hydrogens is 353 g/mol. The SMILES string of the molecule is Cc1cccn2c(=O)cc(/C(Cl)=C/c3ccc(C(F)(F)F)cc3)nc12. The second-order valence-electron chi connectivity index (χ2n) is 5.48. The Kier molecular flexibility index (Phi) is 4.39. The molecule has 3 rings (SSSR count). The molecule has 2 aromatic heterocycles. The van der Waals surface area contributed by atoms with Gasteiger partial charge >= 0.3 is 6.18 Å². The van der Waals surface area contributed by atoms with Crippen molar-refractivity contribution in [3.05, 3.63) is 81.4 Å². The Morgan fingerprint density at radius 3 is 2.52 bits per heavy atom. The maximum absolute atomic E-state index is 12.6. The fraction of sp³-hybridized carbons (Fsp3) is 0.111. The second kappa shape index (κ2) is 6.37. The van der Waals surface area contributed by atoms with E-state index in [1.54, 1.807) is 12.3 Å². The largest absolute Gasteiger partial charge is 0.416 e. The molecular formula is C18H12ClF3N2O. The van der Waals surface area contributed by atoms with Gasteiger partial charge in [0.2, 0.25) is 0 Å². The Bertz CT molecular complexity index is 1020. The van der Waals surface area contributed by atoms with E-state index in [9.17, 15) is 18.0 Å². The minimum Gasteiger partial charge on any atom is -0.269 e. The van der Waals surface area contributed by atoms with Crippen LogP contribution in [0.1, 0.15) is 22.4 Å². The molecule has 0 radical (unpaired) electrons. The van der Waals surface area contributed by atoms with Crippen LogP contribution in [0.4, 0.5) is 13.2 Å². The standard InChI is InChI=1S/C18H12ClF3N2O/c1-11-3-2-8-24-16(25)10-15(23-17(11)24)14(19)9-12-4-6-13(7-5-12)18(20,21)22/h2-10H,1H3/b14-9-. The number of hydrogen-bond donors (Lipinski definition) is 0. The molecule has 0 bridgehead atoms. The van der Waals surface area contributed by atoms with E-state index in [0.717, 1.165) is 17.7 Å². The first-order valence-corrected chi connectivity index (χ1v) is 7.67. The van der Waals surface area contributed by atoms with E-state index < -0.39 is 11.7 Å². The molecule has 0 fully saturated rings. The zero-order chi connectivity index (χ0) is 18.2. The van der Waals surface area contributed by atoms with Gasteiger partial charge in [0.15, 0.2) is 0 Å². The van der Waals surface area contributed by atoms with Crippen molar-refractivity contribution >= 4 is 28.4 Å². The van der Waals surface area contributed by atoms with Crippen molar-refractivity contribution in [2.24, 2.45) is 0 Å². The molecule has 3 nitrogen and oxygen atoms in total. The minimum absolute atomic E-state index is 0.169. The van der Waals surface area contributed by atoms with Crippen LogP contribution in [-0.4, -0.2) is 9.38 Å². The Morgan fingerprint density at radius 2 is 1.88 bits per heavy atom. The van der Waals surface area contributed by atoms with Gasteiger partial charge in [-0.3, -0.25) is 9.20 Å². The third kappa shape index (κ3) is 3.58. The van der Waals surface area contributed by atoms with Crippen LogP contribution in [0, 0.1) is 6.92 Å². The molecule has 1 aromatic carbocycles. The molecule has 0 atom stereocenters. The number of nitrogens with zero attached hydrogens (tertiary/aromatic N) is 2. The first kappa shape index (κ1) is 17.2. The number of rotatable bonds is 2. The number of aryl methyl sites for hydroxylation is 1. The predicted molar refractivity (Wildman–Crippen MR) is 91.4 cm³/mol. The van der Waals surface area contributed by atoms with Gasteiger partial charge in [-0.15, -0.1) is 0 Å². The summed E-state index contributed by atoms with van der Waals surface area (Å²) < 4.78 is 39.2. The van der Waals surface area contributed by atoms with E-state index in [2.05, 4.69) is 4.98 Å². The van der Waals surface area contributed by atoms with Crippen molar-refractivity contribution in [1.82, 2.24) is 9.38 Å². The van der Waals surface area contributed by atoms with Gasteiger partial charge in [-0.1, -0.05) is 29.8 Å². The third-order valence-electron chi connectivity index (χ3n) is 3.66. The highest BCUT2D eigenvalue weighted by atomic mass is 35.5. The van der Waals surface area contributed by atoms with Gasteiger partial charge in [0.25, 0.3) is 5.56 Å². The maximum atomic E-state index is 12.6. The predicted octanol–water partition coefficient (Wildman–Crippen LogP) is 4.76. The van der Waals surface area contributed by atoms with Gasteiger partial charge < -0.3 is 0 Å². The van der Waals surface area contributed by atoms with E-state index >= 15 is 0 Å². The molecule has 7 heteroatoms. The highest BCUT2D eigenvalue weighted by Gasteiger charge is 2.29. The van der Waals surface area contributed by atoms with Crippen LogP contribution < -0.4 is 5.56 Å². The number of fused-ring (bicyclic) bond motifs is 1. The van der Waals surface area contributed by atoms with E-state index in [1.807, 2.05) is 13.0 Å². The third-order valence-corrected chi connectivity index (χ3v) is 3.97. The lowest BCUT2D eigenvalue weighted by atomic mass is 10.1. The fourth-order valence-corrected chi connectivity index (χ4v) is 2.60. The van der Waals surface area contributed by atoms with Crippen LogP contribution in [0.3, 0.4) is 0 Å². The molecule has 0 aliphatic rings. The molecule has 0 aliphatic carbocycles. The number of alkyl halides is 3. The summed E-state index contributed by atoms with van der Waals surface area (Å²) >= 11 is 6.22. The van der Waals surface area contributed by atoms with Crippen molar-refractivity contribution < 1.29 is 13.2 Å². The molecule has 0 spiro atoms. The molecule has 3 aromatic rings. The van der Waals surface area contributed by atoms with E-state index in [0.29, 0.717) is 11.2 Å². The summed E-state index contributed by atoms with van der Waals surface area (Å²) in [4.78, 5) is 16.5. The molecule has 25 heavy (non-hydrogen) atoms. The first-order chi connectivity index (χ1) is 11.8. The highest BCUT2D eigenvalue weighted by Crippen LogP contribution is 2.30. The van der Waals surface area contributed by atoms with Gasteiger partial charge in [0.1, 0.15) is 5.65 Å². The topological polar surface area (TPSA) is 34.4 Å². The summed E-state index contributed by atoms with van der Waals surface area (Å²) in [6.07, 6.45) is -1.31. The van der Waals surface area contributed by atoms with Crippen LogP contribution in [0.2, 0.25) is 0 Å². The monoisotopic (exact) mass is 364 g/mol. The lowest BCUT2D eigenvalue weighted by Gasteiger charge is -2.07. The molecule has 0 unspecified atom stereocenters. The summed E-state index contributed by atoms with van der Waals surface area (Å²) in [5.74, 6) is 0. The van der Waals surface area contributed by atoms with Crippen LogP contribution in [0.15, 0.2) is 53.5 Å². The number of halogens is 4. The number of benzene rings is 1. The fourth-order valence-electron chi connectivity index (χ4n) is 2.37.